The first-order valence-corrected chi connectivity index (χ1v) is 9.93. The van der Waals surface area contributed by atoms with Crippen LogP contribution in [0.25, 0.3) is 0 Å². The molecule has 2 aromatic rings. The minimum absolute atomic E-state index is 0. The van der Waals surface area contributed by atoms with Crippen LogP contribution in [0.2, 0.25) is 0 Å². The fourth-order valence-electron chi connectivity index (χ4n) is 3.14. The molecule has 0 saturated carbocycles. The summed E-state index contributed by atoms with van der Waals surface area (Å²) in [7, 11) is 3.44. The van der Waals surface area contributed by atoms with E-state index < -0.39 is 0 Å². The number of aromatic nitrogens is 3. The Morgan fingerprint density at radius 2 is 2.15 bits per heavy atom. The van der Waals surface area contributed by atoms with Gasteiger partial charge in [-0.05, 0) is 49.9 Å². The first-order chi connectivity index (χ1) is 12.6. The van der Waals surface area contributed by atoms with E-state index in [1.54, 1.807) is 37.0 Å². The molecule has 0 spiro atoms. The van der Waals surface area contributed by atoms with Crippen LogP contribution in [0.1, 0.15) is 34.9 Å². The second-order valence-electron chi connectivity index (χ2n) is 6.42. The van der Waals surface area contributed by atoms with Crippen molar-refractivity contribution >= 4 is 30.1 Å². The van der Waals surface area contributed by atoms with Crippen LogP contribution in [0.3, 0.4) is 0 Å². The van der Waals surface area contributed by atoms with E-state index in [9.17, 15) is 4.79 Å². The monoisotopic (exact) mass is 411 g/mol. The zero-order valence-electron chi connectivity index (χ0n) is 15.8. The Balaban J connectivity index is 0.00000261. The minimum Gasteiger partial charge on any atom is -0.496 e. The number of nitrogens with one attached hydrogen (secondary N) is 1. The van der Waals surface area contributed by atoms with Crippen LogP contribution in [0, 0.1) is 0 Å². The highest BCUT2D eigenvalue weighted by molar-refractivity contribution is 7.98. The second-order valence-corrected chi connectivity index (χ2v) is 7.26. The van der Waals surface area contributed by atoms with E-state index in [0.717, 1.165) is 42.1 Å². The van der Waals surface area contributed by atoms with Gasteiger partial charge in [-0.15, -0.1) is 29.3 Å². The molecule has 1 aromatic heterocycles. The molecule has 7 nitrogen and oxygen atoms in total. The van der Waals surface area contributed by atoms with Gasteiger partial charge in [0.05, 0.1) is 19.3 Å². The number of ether oxygens (including phenoxy) is 1. The lowest BCUT2D eigenvalue weighted by Gasteiger charge is -2.22. The van der Waals surface area contributed by atoms with Crippen molar-refractivity contribution in [2.45, 2.75) is 30.3 Å². The summed E-state index contributed by atoms with van der Waals surface area (Å²) in [4.78, 5) is 15.4. The molecule has 0 atom stereocenters. The van der Waals surface area contributed by atoms with Crippen LogP contribution in [-0.2, 0) is 6.54 Å². The molecule has 0 unspecified atom stereocenters. The highest BCUT2D eigenvalue weighted by Gasteiger charge is 2.21. The van der Waals surface area contributed by atoms with Gasteiger partial charge in [-0.1, -0.05) is 11.3 Å². The van der Waals surface area contributed by atoms with E-state index in [1.807, 2.05) is 29.1 Å². The molecule has 1 aliphatic rings. The molecular weight excluding hydrogens is 386 g/mol. The van der Waals surface area contributed by atoms with Gasteiger partial charge in [0.2, 0.25) is 0 Å². The number of carbonyl (C=O) groups is 1. The van der Waals surface area contributed by atoms with Gasteiger partial charge >= 0.3 is 0 Å². The lowest BCUT2D eigenvalue weighted by atomic mass is 10.1. The molecule has 27 heavy (non-hydrogen) atoms. The van der Waals surface area contributed by atoms with Crippen LogP contribution in [0.5, 0.6) is 5.75 Å². The Morgan fingerprint density at radius 3 is 2.81 bits per heavy atom. The number of hydrogen-bond acceptors (Lipinski definition) is 6. The zero-order valence-corrected chi connectivity index (χ0v) is 17.5. The molecule has 1 amide bonds. The summed E-state index contributed by atoms with van der Waals surface area (Å²) in [6.07, 6.45) is 5.80. The molecule has 1 saturated heterocycles. The summed E-state index contributed by atoms with van der Waals surface area (Å²) in [6.45, 7) is 2.44. The number of rotatable bonds is 6. The Hall–Kier alpha value is -1.77. The standard InChI is InChI=1S/C18H25N5O2S.ClH/c1-22(11-13-4-5-17(26-3)16(10-13)25-2)18(24)15-12-23(21-20-15)14-6-8-19-9-7-14;/h4-5,10,12,14,19H,6-9,11H2,1-3H3;1H. The first kappa shape index (κ1) is 21.5. The van der Waals surface area contributed by atoms with E-state index in [4.69, 9.17) is 4.74 Å². The SMILES string of the molecule is COc1cc(CN(C)C(=O)c2cn(C3CCNCC3)nn2)ccc1SC.Cl. The number of nitrogens with zero attached hydrogens (tertiary/aromatic N) is 4. The number of hydrogen-bond donors (Lipinski definition) is 1. The van der Waals surface area contributed by atoms with Gasteiger partial charge < -0.3 is 15.0 Å². The average Bonchev–Trinajstić information content (AvgIpc) is 3.18. The number of halogens is 1. The van der Waals surface area contributed by atoms with E-state index in [-0.39, 0.29) is 18.3 Å². The topological polar surface area (TPSA) is 72.3 Å². The normalized spacial score (nSPS) is 14.5. The van der Waals surface area contributed by atoms with Gasteiger partial charge in [-0.2, -0.15) is 0 Å². The number of carbonyl (C=O) groups excluding carboxylic acids is 1. The van der Waals surface area contributed by atoms with Crippen LogP contribution in [-0.4, -0.2) is 59.3 Å². The van der Waals surface area contributed by atoms with Crippen LogP contribution in [0.4, 0.5) is 0 Å². The maximum Gasteiger partial charge on any atom is 0.276 e. The molecule has 0 bridgehead atoms. The number of amides is 1. The van der Waals surface area contributed by atoms with Crippen molar-refractivity contribution < 1.29 is 9.53 Å². The summed E-state index contributed by atoms with van der Waals surface area (Å²) in [5.74, 6) is 0.700. The lowest BCUT2D eigenvalue weighted by molar-refractivity contribution is 0.0779. The Kier molecular flexibility index (Phi) is 7.94. The fraction of sp³-hybridized carbons (Fsp3) is 0.500. The Morgan fingerprint density at radius 1 is 1.41 bits per heavy atom. The highest BCUT2D eigenvalue weighted by atomic mass is 35.5. The number of methoxy groups -OCH3 is 1. The van der Waals surface area contributed by atoms with Crippen molar-refractivity contribution in [1.29, 1.82) is 0 Å². The fourth-order valence-corrected chi connectivity index (χ4v) is 3.69. The number of benzene rings is 1. The molecule has 148 valence electrons. The largest absolute Gasteiger partial charge is 0.496 e. The molecule has 1 aromatic carbocycles. The summed E-state index contributed by atoms with van der Waals surface area (Å²) < 4.78 is 7.25. The first-order valence-electron chi connectivity index (χ1n) is 8.71. The van der Waals surface area contributed by atoms with Crippen molar-refractivity contribution in [3.05, 3.63) is 35.7 Å². The molecule has 2 heterocycles. The zero-order chi connectivity index (χ0) is 18.5. The van der Waals surface area contributed by atoms with Gasteiger partial charge in [-0.3, -0.25) is 4.79 Å². The van der Waals surface area contributed by atoms with Gasteiger partial charge in [0, 0.05) is 18.5 Å². The highest BCUT2D eigenvalue weighted by Crippen LogP contribution is 2.28. The molecule has 1 N–H and O–H groups in total. The smallest absolute Gasteiger partial charge is 0.276 e. The van der Waals surface area contributed by atoms with E-state index in [1.165, 1.54) is 0 Å². The molecule has 3 rings (SSSR count). The van der Waals surface area contributed by atoms with Gasteiger partial charge in [0.25, 0.3) is 5.91 Å². The maximum atomic E-state index is 12.7. The van der Waals surface area contributed by atoms with Gasteiger partial charge in [0.15, 0.2) is 5.69 Å². The van der Waals surface area contributed by atoms with Crippen molar-refractivity contribution in [3.63, 3.8) is 0 Å². The Bertz CT molecular complexity index is 764. The summed E-state index contributed by atoms with van der Waals surface area (Å²) >= 11 is 1.64. The summed E-state index contributed by atoms with van der Waals surface area (Å²) in [5.41, 5.74) is 1.40. The number of thioether (sulfide) groups is 1. The predicted molar refractivity (Wildman–Crippen MR) is 109 cm³/mol. The van der Waals surface area contributed by atoms with Crippen molar-refractivity contribution in [3.8, 4) is 5.75 Å². The molecular formula is C18H26ClN5O2S. The molecule has 0 radical (unpaired) electrons. The average molecular weight is 412 g/mol. The second kappa shape index (κ2) is 9.96. The van der Waals surface area contributed by atoms with Crippen LogP contribution < -0.4 is 10.1 Å². The van der Waals surface area contributed by atoms with Gasteiger partial charge in [-0.25, -0.2) is 4.68 Å². The summed E-state index contributed by atoms with van der Waals surface area (Å²) in [5, 5.41) is 11.6. The Labute approximate surface area is 170 Å². The van der Waals surface area contributed by atoms with Crippen molar-refractivity contribution in [2.24, 2.45) is 0 Å². The third-order valence-electron chi connectivity index (χ3n) is 4.63. The van der Waals surface area contributed by atoms with Gasteiger partial charge in [0.1, 0.15) is 5.75 Å². The predicted octanol–water partition coefficient (Wildman–Crippen LogP) is 2.63. The van der Waals surface area contributed by atoms with Crippen LogP contribution in [0.15, 0.2) is 29.3 Å². The molecule has 1 fully saturated rings. The quantitative estimate of drug-likeness (QED) is 0.736. The van der Waals surface area contributed by atoms with Crippen LogP contribution >= 0.6 is 24.2 Å². The van der Waals surface area contributed by atoms with Crippen molar-refractivity contribution in [2.75, 3.05) is 33.5 Å². The minimum atomic E-state index is -0.127. The molecule has 0 aliphatic carbocycles. The molecule has 1 aliphatic heterocycles. The van der Waals surface area contributed by atoms with E-state index in [2.05, 4.69) is 15.6 Å². The number of piperidine rings is 1. The van der Waals surface area contributed by atoms with E-state index in [0.29, 0.717) is 18.3 Å². The van der Waals surface area contributed by atoms with Crippen molar-refractivity contribution in [1.82, 2.24) is 25.2 Å². The summed E-state index contributed by atoms with van der Waals surface area (Å²) in [6, 6.07) is 6.33. The molecule has 9 heteroatoms. The lowest BCUT2D eigenvalue weighted by Crippen LogP contribution is -2.29. The third-order valence-corrected chi connectivity index (χ3v) is 5.40. The maximum absolute atomic E-state index is 12.7. The third kappa shape index (κ3) is 5.15. The van der Waals surface area contributed by atoms with E-state index >= 15 is 0 Å².